The number of nitrogens with zero attached hydrogens (tertiary/aromatic N) is 3. The van der Waals surface area contributed by atoms with Crippen LogP contribution in [0, 0.1) is 0 Å². The van der Waals surface area contributed by atoms with Gasteiger partial charge in [-0.2, -0.15) is 5.10 Å². The number of fused-ring (bicyclic) bond motifs is 2. The minimum atomic E-state index is -0.118. The van der Waals surface area contributed by atoms with Crippen LogP contribution < -0.4 is 10.5 Å². The molecule has 1 aliphatic carbocycles. The molecular formula is C23H21N5O. The van der Waals surface area contributed by atoms with E-state index in [9.17, 15) is 0 Å². The van der Waals surface area contributed by atoms with E-state index in [-0.39, 0.29) is 12.1 Å². The summed E-state index contributed by atoms with van der Waals surface area (Å²) in [5.74, 6) is 0.710. The van der Waals surface area contributed by atoms with Crippen molar-refractivity contribution >= 4 is 17.1 Å². The molecule has 1 aromatic carbocycles. The number of pyridine rings is 1. The molecule has 3 heterocycles. The van der Waals surface area contributed by atoms with Gasteiger partial charge >= 0.3 is 0 Å². The molecule has 144 valence electrons. The number of allylic oxidation sites excluding steroid dienone is 2. The Kier molecular flexibility index (Phi) is 4.54. The molecule has 6 heteroatoms. The summed E-state index contributed by atoms with van der Waals surface area (Å²) in [5.41, 5.74) is 11.8. The lowest BCUT2D eigenvalue weighted by Crippen LogP contribution is -2.28. The largest absolute Gasteiger partial charge is 0.490 e. The molecule has 0 bridgehead atoms. The molecule has 3 N–H and O–H groups in total. The molecule has 2 aromatic heterocycles. The molecule has 2 atom stereocenters. The third kappa shape index (κ3) is 3.62. The number of hydrogen-bond acceptors (Lipinski definition) is 5. The summed E-state index contributed by atoms with van der Waals surface area (Å²) >= 11 is 0. The fourth-order valence-electron chi connectivity index (χ4n) is 3.70. The summed E-state index contributed by atoms with van der Waals surface area (Å²) in [7, 11) is 0. The van der Waals surface area contributed by atoms with E-state index in [1.54, 1.807) is 6.20 Å². The van der Waals surface area contributed by atoms with Crippen molar-refractivity contribution in [2.45, 2.75) is 18.5 Å². The van der Waals surface area contributed by atoms with E-state index in [1.165, 1.54) is 11.1 Å². The zero-order valence-corrected chi connectivity index (χ0v) is 15.8. The van der Waals surface area contributed by atoms with E-state index in [2.05, 4.69) is 38.4 Å². The highest BCUT2D eigenvalue weighted by Crippen LogP contribution is 2.27. The second kappa shape index (κ2) is 7.48. The van der Waals surface area contributed by atoms with Crippen molar-refractivity contribution < 1.29 is 4.74 Å². The van der Waals surface area contributed by atoms with Gasteiger partial charge < -0.3 is 10.5 Å². The van der Waals surface area contributed by atoms with Gasteiger partial charge in [-0.25, -0.2) is 0 Å². The van der Waals surface area contributed by atoms with Crippen LogP contribution in [0.2, 0.25) is 0 Å². The molecule has 0 saturated heterocycles. The van der Waals surface area contributed by atoms with Gasteiger partial charge in [-0.15, -0.1) is 0 Å². The average molecular weight is 383 g/mol. The lowest BCUT2D eigenvalue weighted by atomic mass is 9.96. The van der Waals surface area contributed by atoms with Crippen LogP contribution in [0.5, 0.6) is 5.75 Å². The standard InChI is InChI=1S/C23H21N5O/c24-19(8-17-11-26-23-4-2-1-3-21(17)23)14-29-20-9-16(10-25-13-20)15-5-6-22-18(7-15)12-27-28-22/h1-7,9-13,19,23H,8,14,24H2,(H,27,28). The average Bonchev–Trinajstić information content (AvgIpc) is 3.39. The Labute approximate surface area is 168 Å². The monoisotopic (exact) mass is 383 g/mol. The molecular weight excluding hydrogens is 362 g/mol. The van der Waals surface area contributed by atoms with Crippen LogP contribution in [0.25, 0.3) is 22.0 Å². The van der Waals surface area contributed by atoms with Gasteiger partial charge in [0.25, 0.3) is 0 Å². The Balaban J connectivity index is 1.25. The Morgan fingerprint density at radius 1 is 1.10 bits per heavy atom. The topological polar surface area (TPSA) is 89.2 Å². The summed E-state index contributed by atoms with van der Waals surface area (Å²) in [4.78, 5) is 8.85. The van der Waals surface area contributed by atoms with Gasteiger partial charge in [-0.1, -0.05) is 30.4 Å². The Hall–Kier alpha value is -3.51. The van der Waals surface area contributed by atoms with Gasteiger partial charge in [0, 0.05) is 29.4 Å². The van der Waals surface area contributed by atoms with E-state index in [4.69, 9.17) is 10.5 Å². The van der Waals surface area contributed by atoms with E-state index < -0.39 is 0 Å². The Bertz CT molecular complexity index is 1170. The molecule has 5 rings (SSSR count). The number of aromatic amines is 1. The number of benzene rings is 1. The van der Waals surface area contributed by atoms with Crippen molar-refractivity contribution in [3.63, 3.8) is 0 Å². The van der Waals surface area contributed by atoms with Crippen molar-refractivity contribution in [3.05, 3.63) is 78.3 Å². The summed E-state index contributed by atoms with van der Waals surface area (Å²) in [5, 5.41) is 8.10. The molecule has 2 aliphatic rings. The fraction of sp³-hybridized carbons (Fsp3) is 0.174. The van der Waals surface area contributed by atoms with Gasteiger partial charge in [0.2, 0.25) is 0 Å². The predicted octanol–water partition coefficient (Wildman–Crippen LogP) is 3.60. The van der Waals surface area contributed by atoms with Gasteiger partial charge in [0.1, 0.15) is 12.4 Å². The maximum absolute atomic E-state index is 6.33. The predicted molar refractivity (Wildman–Crippen MR) is 115 cm³/mol. The van der Waals surface area contributed by atoms with E-state index in [1.807, 2.05) is 49.0 Å². The number of H-pyrrole nitrogens is 1. The molecule has 29 heavy (non-hydrogen) atoms. The first-order valence-corrected chi connectivity index (χ1v) is 9.64. The quantitative estimate of drug-likeness (QED) is 0.681. The van der Waals surface area contributed by atoms with Gasteiger partial charge in [0.15, 0.2) is 0 Å². The van der Waals surface area contributed by atoms with Crippen LogP contribution >= 0.6 is 0 Å². The minimum Gasteiger partial charge on any atom is -0.490 e. The van der Waals surface area contributed by atoms with Crippen molar-refractivity contribution in [1.82, 2.24) is 15.2 Å². The molecule has 0 radical (unpaired) electrons. The zero-order chi connectivity index (χ0) is 19.6. The molecule has 2 unspecified atom stereocenters. The number of rotatable bonds is 6. The maximum Gasteiger partial charge on any atom is 0.138 e. The van der Waals surface area contributed by atoms with Crippen LogP contribution in [0.1, 0.15) is 6.42 Å². The highest BCUT2D eigenvalue weighted by molar-refractivity contribution is 5.85. The normalized spacial score (nSPS) is 18.4. The van der Waals surface area contributed by atoms with E-state index >= 15 is 0 Å². The van der Waals surface area contributed by atoms with Crippen LogP contribution in [-0.2, 0) is 0 Å². The number of ether oxygens (including phenoxy) is 1. The first-order valence-electron chi connectivity index (χ1n) is 9.64. The number of hydrogen-bond donors (Lipinski definition) is 2. The molecule has 0 saturated carbocycles. The van der Waals surface area contributed by atoms with Gasteiger partial charge in [0.05, 0.1) is 24.0 Å². The van der Waals surface area contributed by atoms with E-state index in [0.717, 1.165) is 28.5 Å². The van der Waals surface area contributed by atoms with Crippen molar-refractivity contribution in [3.8, 4) is 16.9 Å². The highest BCUT2D eigenvalue weighted by atomic mass is 16.5. The van der Waals surface area contributed by atoms with E-state index in [0.29, 0.717) is 12.4 Å². The first kappa shape index (κ1) is 17.6. The van der Waals surface area contributed by atoms with Crippen LogP contribution in [-0.4, -0.2) is 40.1 Å². The highest BCUT2D eigenvalue weighted by Gasteiger charge is 2.20. The lowest BCUT2D eigenvalue weighted by molar-refractivity contribution is 0.287. The summed E-state index contributed by atoms with van der Waals surface area (Å²) in [6.07, 6.45) is 16.3. The number of aromatic nitrogens is 3. The molecule has 0 spiro atoms. The molecule has 6 nitrogen and oxygen atoms in total. The van der Waals surface area contributed by atoms with Gasteiger partial charge in [-0.05, 0) is 41.3 Å². The van der Waals surface area contributed by atoms with Crippen molar-refractivity contribution in [2.75, 3.05) is 6.61 Å². The van der Waals surface area contributed by atoms with Crippen LogP contribution in [0.3, 0.4) is 0 Å². The third-order valence-electron chi connectivity index (χ3n) is 5.19. The maximum atomic E-state index is 6.33. The van der Waals surface area contributed by atoms with Crippen LogP contribution in [0.15, 0.2) is 83.3 Å². The second-order valence-corrected chi connectivity index (χ2v) is 7.30. The Morgan fingerprint density at radius 2 is 2.07 bits per heavy atom. The number of nitrogens with one attached hydrogen (secondary N) is 1. The third-order valence-corrected chi connectivity index (χ3v) is 5.19. The van der Waals surface area contributed by atoms with Crippen molar-refractivity contribution in [2.24, 2.45) is 10.7 Å². The zero-order valence-electron chi connectivity index (χ0n) is 15.8. The summed E-state index contributed by atoms with van der Waals surface area (Å²) in [6.45, 7) is 0.417. The second-order valence-electron chi connectivity index (χ2n) is 7.30. The number of aliphatic imine (C=N–C) groups is 1. The molecule has 0 fully saturated rings. The molecule has 1 aliphatic heterocycles. The van der Waals surface area contributed by atoms with Crippen LogP contribution in [0.4, 0.5) is 0 Å². The Morgan fingerprint density at radius 3 is 3.03 bits per heavy atom. The van der Waals surface area contributed by atoms with Gasteiger partial charge in [-0.3, -0.25) is 15.1 Å². The molecule has 3 aromatic rings. The van der Waals surface area contributed by atoms with Crippen molar-refractivity contribution in [1.29, 1.82) is 0 Å². The first-order chi connectivity index (χ1) is 14.3. The summed E-state index contributed by atoms with van der Waals surface area (Å²) < 4.78 is 5.94. The fourth-order valence-corrected chi connectivity index (χ4v) is 3.70. The lowest BCUT2D eigenvalue weighted by Gasteiger charge is -2.15. The molecule has 0 amide bonds. The smallest absolute Gasteiger partial charge is 0.138 e. The SMILES string of the molecule is NC(COc1cncc(-c2ccc3[nH]ncc3c2)c1)CC1=C2C=CC=CC2N=C1. The minimum absolute atomic E-state index is 0.118. The summed E-state index contributed by atoms with van der Waals surface area (Å²) in [6, 6.07) is 8.17. The number of nitrogens with two attached hydrogens (primary N) is 1.